The minimum atomic E-state index is 0.978. The van der Waals surface area contributed by atoms with Crippen molar-refractivity contribution in [2.45, 2.75) is 6.42 Å². The zero-order valence-corrected chi connectivity index (χ0v) is 7.61. The molecular formula is C12H13N. The summed E-state index contributed by atoms with van der Waals surface area (Å²) in [7, 11) is 0. The van der Waals surface area contributed by atoms with Gasteiger partial charge >= 0.3 is 0 Å². The molecule has 0 saturated carbocycles. The average molecular weight is 171 g/mol. The van der Waals surface area contributed by atoms with Gasteiger partial charge in [-0.1, -0.05) is 43.0 Å². The Morgan fingerprint density at radius 1 is 1.46 bits per heavy atom. The molecule has 0 aromatic carbocycles. The Balaban J connectivity index is 2.96. The molecule has 0 fully saturated rings. The van der Waals surface area contributed by atoms with E-state index in [9.17, 15) is 0 Å². The van der Waals surface area contributed by atoms with Gasteiger partial charge in [-0.15, -0.1) is 0 Å². The molecule has 13 heavy (non-hydrogen) atoms. The molecule has 1 rings (SSSR count). The van der Waals surface area contributed by atoms with Crippen LogP contribution in [-0.4, -0.2) is 6.72 Å². The molecule has 0 N–H and O–H groups in total. The van der Waals surface area contributed by atoms with E-state index >= 15 is 0 Å². The van der Waals surface area contributed by atoms with Crippen molar-refractivity contribution in [2.24, 2.45) is 4.99 Å². The number of hydrogen-bond acceptors (Lipinski definition) is 1. The Labute approximate surface area is 79.2 Å². The van der Waals surface area contributed by atoms with Crippen LogP contribution in [0.3, 0.4) is 0 Å². The first kappa shape index (κ1) is 9.46. The van der Waals surface area contributed by atoms with Gasteiger partial charge in [-0.05, 0) is 24.3 Å². The van der Waals surface area contributed by atoms with Gasteiger partial charge in [0, 0.05) is 6.20 Å². The van der Waals surface area contributed by atoms with Gasteiger partial charge in [0.25, 0.3) is 0 Å². The Morgan fingerprint density at radius 3 is 3.00 bits per heavy atom. The number of rotatable bonds is 3. The first-order chi connectivity index (χ1) is 6.38. The third-order valence-corrected chi connectivity index (χ3v) is 1.77. The SMILES string of the molecule is C=C/C(=C\N=C)C1=CC=CCC=C1. The van der Waals surface area contributed by atoms with Gasteiger partial charge in [-0.2, -0.15) is 0 Å². The van der Waals surface area contributed by atoms with Gasteiger partial charge in [0.2, 0.25) is 0 Å². The van der Waals surface area contributed by atoms with Crippen molar-refractivity contribution in [2.75, 3.05) is 0 Å². The van der Waals surface area contributed by atoms with Crippen molar-refractivity contribution in [3.05, 3.63) is 60.4 Å². The van der Waals surface area contributed by atoms with Gasteiger partial charge < -0.3 is 0 Å². The molecule has 1 aliphatic carbocycles. The lowest BCUT2D eigenvalue weighted by Gasteiger charge is -1.99. The maximum absolute atomic E-state index is 3.73. The summed E-state index contributed by atoms with van der Waals surface area (Å²) < 4.78 is 0. The van der Waals surface area contributed by atoms with Gasteiger partial charge in [-0.3, -0.25) is 4.99 Å². The summed E-state index contributed by atoms with van der Waals surface area (Å²) in [5.74, 6) is 0. The summed E-state index contributed by atoms with van der Waals surface area (Å²) in [5.41, 5.74) is 2.12. The first-order valence-electron chi connectivity index (χ1n) is 4.20. The van der Waals surface area contributed by atoms with Crippen LogP contribution in [-0.2, 0) is 0 Å². The largest absolute Gasteiger partial charge is 0.272 e. The Bertz CT molecular complexity index is 314. The highest BCUT2D eigenvalue weighted by molar-refractivity contribution is 5.49. The minimum absolute atomic E-state index is 0.978. The van der Waals surface area contributed by atoms with E-state index in [0.717, 1.165) is 17.6 Å². The highest BCUT2D eigenvalue weighted by Gasteiger charge is 1.96. The van der Waals surface area contributed by atoms with E-state index in [1.165, 1.54) is 0 Å². The third-order valence-electron chi connectivity index (χ3n) is 1.77. The second kappa shape index (κ2) is 5.09. The van der Waals surface area contributed by atoms with Crippen LogP contribution >= 0.6 is 0 Å². The quantitative estimate of drug-likeness (QED) is 0.456. The predicted octanol–water partition coefficient (Wildman–Crippen LogP) is 3.20. The van der Waals surface area contributed by atoms with E-state index < -0.39 is 0 Å². The average Bonchev–Trinajstić information content (AvgIpc) is 2.42. The summed E-state index contributed by atoms with van der Waals surface area (Å²) in [6, 6.07) is 0. The van der Waals surface area contributed by atoms with Crippen molar-refractivity contribution in [1.82, 2.24) is 0 Å². The molecule has 0 aliphatic heterocycles. The van der Waals surface area contributed by atoms with Crippen LogP contribution in [0.2, 0.25) is 0 Å². The molecule has 1 nitrogen and oxygen atoms in total. The normalized spacial score (nSPS) is 16.3. The molecule has 0 unspecified atom stereocenters. The molecule has 0 saturated heterocycles. The van der Waals surface area contributed by atoms with Crippen LogP contribution in [0.25, 0.3) is 0 Å². The lowest BCUT2D eigenvalue weighted by atomic mass is 10.1. The predicted molar refractivity (Wildman–Crippen MR) is 58.8 cm³/mol. The molecule has 0 aromatic heterocycles. The molecule has 1 heteroatoms. The number of nitrogens with zero attached hydrogens (tertiary/aromatic N) is 1. The summed E-state index contributed by atoms with van der Waals surface area (Å²) in [6.45, 7) is 7.15. The minimum Gasteiger partial charge on any atom is -0.272 e. The molecule has 1 aliphatic rings. The molecule has 0 spiro atoms. The number of hydrogen-bond donors (Lipinski definition) is 0. The molecule has 0 aromatic rings. The zero-order chi connectivity index (χ0) is 9.52. The second-order valence-corrected chi connectivity index (χ2v) is 2.66. The van der Waals surface area contributed by atoms with Crippen LogP contribution in [0, 0.1) is 0 Å². The van der Waals surface area contributed by atoms with Crippen LogP contribution in [0.15, 0.2) is 65.4 Å². The van der Waals surface area contributed by atoms with Gasteiger partial charge in [0.05, 0.1) is 0 Å². The van der Waals surface area contributed by atoms with Crippen LogP contribution in [0.4, 0.5) is 0 Å². The fourth-order valence-corrected chi connectivity index (χ4v) is 1.12. The van der Waals surface area contributed by atoms with Crippen molar-refractivity contribution in [3.63, 3.8) is 0 Å². The molecule has 0 amide bonds. The second-order valence-electron chi connectivity index (χ2n) is 2.66. The van der Waals surface area contributed by atoms with E-state index in [-0.39, 0.29) is 0 Å². The lowest BCUT2D eigenvalue weighted by Crippen LogP contribution is -1.80. The monoisotopic (exact) mass is 171 g/mol. The Hall–Kier alpha value is -1.63. The number of aliphatic imine (C=N–C) groups is 1. The van der Waals surface area contributed by atoms with E-state index in [1.807, 2.05) is 12.2 Å². The smallest absolute Gasteiger partial charge is 0.0338 e. The molecule has 0 bridgehead atoms. The van der Waals surface area contributed by atoms with E-state index in [1.54, 1.807) is 12.3 Å². The molecule has 0 heterocycles. The highest BCUT2D eigenvalue weighted by atomic mass is 14.6. The van der Waals surface area contributed by atoms with Crippen LogP contribution in [0.5, 0.6) is 0 Å². The van der Waals surface area contributed by atoms with Gasteiger partial charge in [0.15, 0.2) is 0 Å². The maximum atomic E-state index is 3.73. The van der Waals surface area contributed by atoms with E-state index in [4.69, 9.17) is 0 Å². The standard InChI is InChI=1S/C12H13N/c1-3-11(10-13-2)12-8-6-4-5-7-9-12/h3-4,6-10H,1-2,5H2/b11-10+. The summed E-state index contributed by atoms with van der Waals surface area (Å²) in [6.07, 6.45) is 14.8. The topological polar surface area (TPSA) is 12.4 Å². The number of allylic oxidation sites excluding steroid dienone is 8. The zero-order valence-electron chi connectivity index (χ0n) is 7.61. The van der Waals surface area contributed by atoms with E-state index in [0.29, 0.717) is 0 Å². The fourth-order valence-electron chi connectivity index (χ4n) is 1.12. The van der Waals surface area contributed by atoms with Crippen molar-refractivity contribution in [3.8, 4) is 0 Å². The molecule has 66 valence electrons. The van der Waals surface area contributed by atoms with Crippen LogP contribution < -0.4 is 0 Å². The molecule has 0 atom stereocenters. The molecule has 0 radical (unpaired) electrons. The maximum Gasteiger partial charge on any atom is 0.0338 e. The van der Waals surface area contributed by atoms with Gasteiger partial charge in [0.1, 0.15) is 0 Å². The van der Waals surface area contributed by atoms with Crippen LogP contribution in [0.1, 0.15) is 6.42 Å². The Morgan fingerprint density at radius 2 is 2.31 bits per heavy atom. The lowest BCUT2D eigenvalue weighted by molar-refractivity contribution is 1.39. The van der Waals surface area contributed by atoms with Crippen molar-refractivity contribution in [1.29, 1.82) is 0 Å². The van der Waals surface area contributed by atoms with Crippen molar-refractivity contribution < 1.29 is 0 Å². The van der Waals surface area contributed by atoms with Crippen molar-refractivity contribution >= 4 is 6.72 Å². The summed E-state index contributed by atoms with van der Waals surface area (Å²) >= 11 is 0. The van der Waals surface area contributed by atoms with Gasteiger partial charge in [-0.25, -0.2) is 0 Å². The van der Waals surface area contributed by atoms with E-state index in [2.05, 4.69) is 36.5 Å². The third kappa shape index (κ3) is 2.71. The Kier molecular flexibility index (Phi) is 3.71. The summed E-state index contributed by atoms with van der Waals surface area (Å²) in [4.78, 5) is 3.73. The fraction of sp³-hybridized carbons (Fsp3) is 0.0833. The molecular weight excluding hydrogens is 158 g/mol. The highest BCUT2D eigenvalue weighted by Crippen LogP contribution is 2.15. The first-order valence-corrected chi connectivity index (χ1v) is 4.20. The summed E-state index contributed by atoms with van der Waals surface area (Å²) in [5, 5.41) is 0.